The molecular formula is C13H24N4O2. The number of rotatable bonds is 8. The molecule has 0 spiro atoms. The van der Waals surface area contributed by atoms with Gasteiger partial charge >= 0.3 is 0 Å². The number of aromatic nitrogens is 2. The summed E-state index contributed by atoms with van der Waals surface area (Å²) >= 11 is 0. The molecule has 0 aliphatic heterocycles. The van der Waals surface area contributed by atoms with Gasteiger partial charge in [-0.3, -0.25) is 4.79 Å². The van der Waals surface area contributed by atoms with Gasteiger partial charge < -0.3 is 15.0 Å². The molecule has 1 N–H and O–H groups in total. The van der Waals surface area contributed by atoms with Crippen LogP contribution in [0.1, 0.15) is 13.3 Å². The lowest BCUT2D eigenvalue weighted by molar-refractivity contribution is 0.206. The predicted molar refractivity (Wildman–Crippen MR) is 76.8 cm³/mol. The van der Waals surface area contributed by atoms with Crippen LogP contribution >= 0.6 is 0 Å². The number of ether oxygens (including phenoxy) is 1. The van der Waals surface area contributed by atoms with Gasteiger partial charge in [-0.1, -0.05) is 6.92 Å². The summed E-state index contributed by atoms with van der Waals surface area (Å²) in [6.45, 7) is 4.03. The molecule has 1 heterocycles. The van der Waals surface area contributed by atoms with Gasteiger partial charge in [-0.05, 0) is 13.5 Å². The first-order valence-electron chi connectivity index (χ1n) is 6.56. The third-order valence-corrected chi connectivity index (χ3v) is 3.22. The Morgan fingerprint density at radius 2 is 2.32 bits per heavy atom. The molecule has 0 aromatic carbocycles. The quantitative estimate of drug-likeness (QED) is 0.736. The van der Waals surface area contributed by atoms with E-state index in [0.717, 1.165) is 18.7 Å². The van der Waals surface area contributed by atoms with Crippen molar-refractivity contribution in [2.75, 3.05) is 39.3 Å². The standard InChI is InChI=1S/C13H24N4O2/c1-5-11(14-2)10-17-13(18)8-12(9-15-17)16(3)6-7-19-4/h8-9,11,14H,5-7,10H2,1-4H3. The van der Waals surface area contributed by atoms with E-state index in [1.165, 1.54) is 4.68 Å². The Morgan fingerprint density at radius 1 is 1.58 bits per heavy atom. The molecule has 0 amide bonds. The second-order valence-corrected chi connectivity index (χ2v) is 4.54. The lowest BCUT2D eigenvalue weighted by atomic mass is 10.2. The van der Waals surface area contributed by atoms with E-state index in [1.807, 2.05) is 19.0 Å². The van der Waals surface area contributed by atoms with Crippen molar-refractivity contribution in [1.29, 1.82) is 0 Å². The van der Waals surface area contributed by atoms with Gasteiger partial charge in [0.05, 0.1) is 25.0 Å². The van der Waals surface area contributed by atoms with Crippen molar-refractivity contribution in [3.05, 3.63) is 22.6 Å². The third kappa shape index (κ3) is 4.65. The van der Waals surface area contributed by atoms with Crippen molar-refractivity contribution in [2.45, 2.75) is 25.9 Å². The molecule has 1 atom stereocenters. The summed E-state index contributed by atoms with van der Waals surface area (Å²) < 4.78 is 6.51. The molecule has 108 valence electrons. The van der Waals surface area contributed by atoms with Crippen LogP contribution in [0, 0.1) is 0 Å². The van der Waals surface area contributed by atoms with E-state index in [1.54, 1.807) is 19.4 Å². The Balaban J connectivity index is 2.76. The molecule has 0 bridgehead atoms. The summed E-state index contributed by atoms with van der Waals surface area (Å²) in [5.74, 6) is 0. The number of anilines is 1. The maximum absolute atomic E-state index is 12.0. The minimum absolute atomic E-state index is 0.0736. The summed E-state index contributed by atoms with van der Waals surface area (Å²) in [5, 5.41) is 7.39. The molecular weight excluding hydrogens is 244 g/mol. The van der Waals surface area contributed by atoms with E-state index in [0.29, 0.717) is 13.2 Å². The summed E-state index contributed by atoms with van der Waals surface area (Å²) in [6, 6.07) is 1.88. The highest BCUT2D eigenvalue weighted by atomic mass is 16.5. The number of hydrogen-bond acceptors (Lipinski definition) is 5. The van der Waals surface area contributed by atoms with Crippen molar-refractivity contribution in [1.82, 2.24) is 15.1 Å². The lowest BCUT2D eigenvalue weighted by Crippen LogP contribution is -2.35. The number of methoxy groups -OCH3 is 1. The second-order valence-electron chi connectivity index (χ2n) is 4.54. The number of nitrogens with zero attached hydrogens (tertiary/aromatic N) is 3. The molecule has 0 aliphatic rings. The average molecular weight is 268 g/mol. The van der Waals surface area contributed by atoms with E-state index in [9.17, 15) is 4.79 Å². The van der Waals surface area contributed by atoms with Gasteiger partial charge in [0, 0.05) is 32.8 Å². The normalized spacial score (nSPS) is 12.4. The van der Waals surface area contributed by atoms with E-state index in [-0.39, 0.29) is 11.6 Å². The zero-order valence-corrected chi connectivity index (χ0v) is 12.2. The van der Waals surface area contributed by atoms with Crippen molar-refractivity contribution in [3.8, 4) is 0 Å². The molecule has 6 nitrogen and oxygen atoms in total. The molecule has 1 aromatic rings. The zero-order valence-electron chi connectivity index (χ0n) is 12.2. The first-order valence-corrected chi connectivity index (χ1v) is 6.56. The molecule has 19 heavy (non-hydrogen) atoms. The Kier molecular flexibility index (Phi) is 6.52. The Bertz CT molecular complexity index is 429. The fourth-order valence-corrected chi connectivity index (χ4v) is 1.76. The summed E-state index contributed by atoms with van der Waals surface area (Å²) in [4.78, 5) is 14.0. The lowest BCUT2D eigenvalue weighted by Gasteiger charge is -2.19. The van der Waals surface area contributed by atoms with Gasteiger partial charge in [-0.2, -0.15) is 5.10 Å². The van der Waals surface area contributed by atoms with E-state index >= 15 is 0 Å². The van der Waals surface area contributed by atoms with Gasteiger partial charge in [0.25, 0.3) is 5.56 Å². The largest absolute Gasteiger partial charge is 0.383 e. The van der Waals surface area contributed by atoms with Crippen molar-refractivity contribution < 1.29 is 4.74 Å². The smallest absolute Gasteiger partial charge is 0.268 e. The molecule has 0 aliphatic carbocycles. The van der Waals surface area contributed by atoms with E-state index < -0.39 is 0 Å². The topological polar surface area (TPSA) is 59.4 Å². The Hall–Kier alpha value is -1.40. The number of hydrogen-bond donors (Lipinski definition) is 1. The molecule has 1 unspecified atom stereocenters. The van der Waals surface area contributed by atoms with Crippen LogP contribution in [-0.4, -0.2) is 50.2 Å². The highest BCUT2D eigenvalue weighted by molar-refractivity contribution is 5.41. The van der Waals surface area contributed by atoms with Crippen molar-refractivity contribution in [2.24, 2.45) is 0 Å². The fourth-order valence-electron chi connectivity index (χ4n) is 1.76. The Morgan fingerprint density at radius 3 is 2.84 bits per heavy atom. The SMILES string of the molecule is CCC(Cn1ncc(N(C)CCOC)cc1=O)NC. The van der Waals surface area contributed by atoms with E-state index in [2.05, 4.69) is 17.3 Å². The number of nitrogens with one attached hydrogen (secondary N) is 1. The van der Waals surface area contributed by atoms with Crippen LogP contribution in [-0.2, 0) is 11.3 Å². The first-order chi connectivity index (χ1) is 9.12. The fraction of sp³-hybridized carbons (Fsp3) is 0.692. The molecule has 6 heteroatoms. The van der Waals surface area contributed by atoms with Gasteiger partial charge in [0.2, 0.25) is 0 Å². The van der Waals surface area contributed by atoms with E-state index in [4.69, 9.17) is 4.74 Å². The van der Waals surface area contributed by atoms with Crippen LogP contribution < -0.4 is 15.8 Å². The summed E-state index contributed by atoms with van der Waals surface area (Å²) in [6.07, 6.45) is 2.68. The van der Waals surface area contributed by atoms with Gasteiger partial charge in [-0.15, -0.1) is 0 Å². The molecule has 1 aromatic heterocycles. The minimum atomic E-state index is -0.0736. The van der Waals surface area contributed by atoms with Gasteiger partial charge in [-0.25, -0.2) is 4.68 Å². The minimum Gasteiger partial charge on any atom is -0.383 e. The van der Waals surface area contributed by atoms with Crippen LogP contribution in [0.25, 0.3) is 0 Å². The Labute approximate surface area is 114 Å². The molecule has 0 fully saturated rings. The molecule has 0 radical (unpaired) electrons. The monoisotopic (exact) mass is 268 g/mol. The second kappa shape index (κ2) is 7.91. The van der Waals surface area contributed by atoms with Crippen LogP contribution in [0.4, 0.5) is 5.69 Å². The number of likely N-dealkylation sites (N-methyl/N-ethyl adjacent to an activating group) is 2. The van der Waals surface area contributed by atoms with Crippen molar-refractivity contribution >= 4 is 5.69 Å². The third-order valence-electron chi connectivity index (χ3n) is 3.22. The highest BCUT2D eigenvalue weighted by Crippen LogP contribution is 2.06. The predicted octanol–water partition coefficient (Wildman–Crippen LogP) is 0.324. The molecule has 0 saturated heterocycles. The highest BCUT2D eigenvalue weighted by Gasteiger charge is 2.08. The van der Waals surface area contributed by atoms with Gasteiger partial charge in [0.1, 0.15) is 0 Å². The maximum Gasteiger partial charge on any atom is 0.268 e. The molecule has 1 rings (SSSR count). The van der Waals surface area contributed by atoms with Crippen LogP contribution in [0.2, 0.25) is 0 Å². The van der Waals surface area contributed by atoms with Crippen molar-refractivity contribution in [3.63, 3.8) is 0 Å². The van der Waals surface area contributed by atoms with Crippen LogP contribution in [0.5, 0.6) is 0 Å². The van der Waals surface area contributed by atoms with Gasteiger partial charge in [0.15, 0.2) is 0 Å². The first kappa shape index (κ1) is 15.7. The maximum atomic E-state index is 12.0. The zero-order chi connectivity index (χ0) is 14.3. The summed E-state index contributed by atoms with van der Waals surface area (Å²) in [5.41, 5.74) is 0.742. The molecule has 0 saturated carbocycles. The average Bonchev–Trinajstić information content (AvgIpc) is 2.43. The van der Waals surface area contributed by atoms with Crippen LogP contribution in [0.15, 0.2) is 17.1 Å². The van der Waals surface area contributed by atoms with Crippen LogP contribution in [0.3, 0.4) is 0 Å². The summed E-state index contributed by atoms with van der Waals surface area (Å²) in [7, 11) is 5.47.